The number of guanidine groups is 1. The predicted molar refractivity (Wildman–Crippen MR) is 92.3 cm³/mol. The van der Waals surface area contributed by atoms with Crippen molar-refractivity contribution in [3.8, 4) is 0 Å². The third kappa shape index (κ3) is 5.33. The van der Waals surface area contributed by atoms with Gasteiger partial charge in [0, 0.05) is 29.9 Å². The first-order valence-corrected chi connectivity index (χ1v) is 8.66. The summed E-state index contributed by atoms with van der Waals surface area (Å²) in [5, 5.41) is 6.81. The maximum Gasteiger partial charge on any atom is 0.243 e. The predicted octanol–water partition coefficient (Wildman–Crippen LogP) is 2.12. The molecule has 5 nitrogen and oxygen atoms in total. The molecule has 1 aromatic heterocycles. The van der Waals surface area contributed by atoms with Crippen LogP contribution in [-0.4, -0.2) is 43.4 Å². The lowest BCUT2D eigenvalue weighted by Crippen LogP contribution is -2.42. The van der Waals surface area contributed by atoms with Crippen molar-refractivity contribution >= 4 is 23.2 Å². The average Bonchev–Trinajstić information content (AvgIpc) is 3.13. The molecular weight excluding hydrogens is 296 g/mol. The number of rotatable bonds is 5. The zero-order chi connectivity index (χ0) is 15.9. The number of nitrogens with zero attached hydrogens (tertiary/aromatic N) is 2. The molecule has 1 saturated carbocycles. The highest BCUT2D eigenvalue weighted by molar-refractivity contribution is 7.11. The number of hydrogen-bond donors (Lipinski definition) is 2. The van der Waals surface area contributed by atoms with E-state index in [0.717, 1.165) is 12.5 Å². The molecule has 1 heterocycles. The van der Waals surface area contributed by atoms with Gasteiger partial charge in [0.1, 0.15) is 6.54 Å². The third-order valence-electron chi connectivity index (χ3n) is 3.79. The van der Waals surface area contributed by atoms with Crippen molar-refractivity contribution < 1.29 is 4.79 Å². The largest absolute Gasteiger partial charge is 0.354 e. The maximum atomic E-state index is 11.7. The van der Waals surface area contributed by atoms with Gasteiger partial charge in [-0.25, -0.2) is 4.99 Å². The van der Waals surface area contributed by atoms with Crippen LogP contribution < -0.4 is 10.6 Å². The van der Waals surface area contributed by atoms with Crippen LogP contribution in [0.4, 0.5) is 0 Å². The van der Waals surface area contributed by atoms with Crippen LogP contribution in [0.2, 0.25) is 0 Å². The lowest BCUT2D eigenvalue weighted by atomic mass is 10.2. The summed E-state index contributed by atoms with van der Waals surface area (Å²) in [4.78, 5) is 20.3. The van der Waals surface area contributed by atoms with E-state index < -0.39 is 0 Å². The molecule has 2 rings (SSSR count). The van der Waals surface area contributed by atoms with Gasteiger partial charge in [-0.3, -0.25) is 4.79 Å². The number of amides is 1. The van der Waals surface area contributed by atoms with Gasteiger partial charge in [-0.05, 0) is 31.9 Å². The van der Waals surface area contributed by atoms with Gasteiger partial charge in [-0.1, -0.05) is 12.8 Å². The number of thiophene rings is 1. The molecule has 0 saturated heterocycles. The van der Waals surface area contributed by atoms with Gasteiger partial charge in [0.25, 0.3) is 0 Å². The van der Waals surface area contributed by atoms with Crippen molar-refractivity contribution in [3.63, 3.8) is 0 Å². The molecule has 2 N–H and O–H groups in total. The fraction of sp³-hybridized carbons (Fsp3) is 0.625. The summed E-state index contributed by atoms with van der Waals surface area (Å²) in [5.74, 6) is 0.757. The molecule has 1 aliphatic carbocycles. The molecule has 0 spiro atoms. The van der Waals surface area contributed by atoms with E-state index in [1.807, 2.05) is 0 Å². The molecule has 1 fully saturated rings. The zero-order valence-corrected chi connectivity index (χ0v) is 14.5. The van der Waals surface area contributed by atoms with Crippen LogP contribution in [0.5, 0.6) is 0 Å². The summed E-state index contributed by atoms with van der Waals surface area (Å²) >= 11 is 1.78. The first-order valence-electron chi connectivity index (χ1n) is 7.85. The average molecular weight is 322 g/mol. The van der Waals surface area contributed by atoms with Gasteiger partial charge < -0.3 is 15.5 Å². The summed E-state index contributed by atoms with van der Waals surface area (Å²) in [6, 6.07) is 4.73. The number of likely N-dealkylation sites (N-methyl/N-ethyl adjacent to an activating group) is 1. The molecule has 0 unspecified atom stereocenters. The second-order valence-electron chi connectivity index (χ2n) is 5.94. The Morgan fingerprint density at radius 3 is 2.68 bits per heavy atom. The van der Waals surface area contributed by atoms with Crippen LogP contribution in [0, 0.1) is 6.92 Å². The fourth-order valence-electron chi connectivity index (χ4n) is 2.46. The molecule has 6 heteroatoms. The number of aryl methyl sites for hydroxylation is 1. The number of carbonyl (C=O) groups is 1. The summed E-state index contributed by atoms with van der Waals surface area (Å²) in [7, 11) is 3.51. The van der Waals surface area contributed by atoms with Gasteiger partial charge in [0.05, 0.1) is 6.54 Å². The lowest BCUT2D eigenvalue weighted by molar-refractivity contribution is -0.127. The highest BCUT2D eigenvalue weighted by Gasteiger charge is 2.16. The van der Waals surface area contributed by atoms with E-state index in [-0.39, 0.29) is 12.5 Å². The minimum atomic E-state index is 0.0134. The SMILES string of the molecule is Cc1ccc(CNC(=NCC(=O)N(C)C)NC2CCCC2)s1. The Morgan fingerprint density at radius 1 is 1.36 bits per heavy atom. The molecule has 1 aliphatic rings. The number of carbonyl (C=O) groups excluding carboxylic acids is 1. The van der Waals surface area contributed by atoms with E-state index in [0.29, 0.717) is 6.04 Å². The quantitative estimate of drug-likeness (QED) is 0.645. The second kappa shape index (κ2) is 8.17. The monoisotopic (exact) mass is 322 g/mol. The highest BCUT2D eigenvalue weighted by atomic mass is 32.1. The molecule has 0 aliphatic heterocycles. The van der Waals surface area contributed by atoms with Crippen LogP contribution in [0.25, 0.3) is 0 Å². The van der Waals surface area contributed by atoms with Gasteiger partial charge in [-0.2, -0.15) is 0 Å². The van der Waals surface area contributed by atoms with Gasteiger partial charge in [0.15, 0.2) is 5.96 Å². The molecule has 1 aromatic rings. The van der Waals surface area contributed by atoms with E-state index >= 15 is 0 Å². The summed E-state index contributed by atoms with van der Waals surface area (Å²) in [6.07, 6.45) is 4.90. The first-order chi connectivity index (χ1) is 10.5. The van der Waals surface area contributed by atoms with Crippen LogP contribution >= 0.6 is 11.3 Å². The lowest BCUT2D eigenvalue weighted by Gasteiger charge is -2.17. The van der Waals surface area contributed by atoms with Crippen molar-refractivity contribution in [1.29, 1.82) is 0 Å². The molecule has 122 valence electrons. The smallest absolute Gasteiger partial charge is 0.243 e. The topological polar surface area (TPSA) is 56.7 Å². The Morgan fingerprint density at radius 2 is 2.09 bits per heavy atom. The standard InChI is InChI=1S/C16H26N4OS/c1-12-8-9-14(22-12)10-17-16(18-11-15(21)20(2)3)19-13-6-4-5-7-13/h8-9,13H,4-7,10-11H2,1-3H3,(H2,17,18,19). The number of aliphatic imine (C=N–C) groups is 1. The van der Waals surface area contributed by atoms with Crippen LogP contribution in [-0.2, 0) is 11.3 Å². The molecular formula is C16H26N4OS. The van der Waals surface area contributed by atoms with Crippen LogP contribution in [0.15, 0.2) is 17.1 Å². The van der Waals surface area contributed by atoms with E-state index in [2.05, 4.69) is 34.7 Å². The molecule has 0 bridgehead atoms. The number of hydrogen-bond acceptors (Lipinski definition) is 3. The minimum absolute atomic E-state index is 0.0134. The first kappa shape index (κ1) is 16.8. The zero-order valence-electron chi connectivity index (χ0n) is 13.7. The minimum Gasteiger partial charge on any atom is -0.354 e. The van der Waals surface area contributed by atoms with E-state index in [9.17, 15) is 4.79 Å². The Labute approximate surface area is 136 Å². The van der Waals surface area contributed by atoms with Gasteiger partial charge >= 0.3 is 0 Å². The molecule has 0 aromatic carbocycles. The van der Waals surface area contributed by atoms with E-state index in [1.54, 1.807) is 30.3 Å². The highest BCUT2D eigenvalue weighted by Crippen LogP contribution is 2.18. The van der Waals surface area contributed by atoms with Gasteiger partial charge in [0.2, 0.25) is 5.91 Å². The molecule has 0 atom stereocenters. The summed E-state index contributed by atoms with van der Waals surface area (Å²) in [5.41, 5.74) is 0. The Kier molecular flexibility index (Phi) is 6.24. The third-order valence-corrected chi connectivity index (χ3v) is 4.79. The van der Waals surface area contributed by atoms with E-state index in [4.69, 9.17) is 0 Å². The summed E-state index contributed by atoms with van der Waals surface area (Å²) < 4.78 is 0. The maximum absolute atomic E-state index is 11.7. The number of nitrogens with one attached hydrogen (secondary N) is 2. The fourth-order valence-corrected chi connectivity index (χ4v) is 3.29. The van der Waals surface area contributed by atoms with Crippen molar-refractivity contribution in [2.75, 3.05) is 20.6 Å². The van der Waals surface area contributed by atoms with Crippen molar-refractivity contribution in [3.05, 3.63) is 21.9 Å². The second-order valence-corrected chi connectivity index (χ2v) is 7.32. The van der Waals surface area contributed by atoms with Crippen molar-refractivity contribution in [2.24, 2.45) is 4.99 Å². The normalized spacial score (nSPS) is 15.9. The Hall–Kier alpha value is -1.56. The Balaban J connectivity index is 1.93. The van der Waals surface area contributed by atoms with Crippen molar-refractivity contribution in [1.82, 2.24) is 15.5 Å². The van der Waals surface area contributed by atoms with Crippen molar-refractivity contribution in [2.45, 2.75) is 45.2 Å². The van der Waals surface area contributed by atoms with E-state index in [1.165, 1.54) is 35.4 Å². The summed E-state index contributed by atoms with van der Waals surface area (Å²) in [6.45, 7) is 3.03. The molecule has 1 amide bonds. The van der Waals surface area contributed by atoms with Gasteiger partial charge in [-0.15, -0.1) is 11.3 Å². The molecule has 22 heavy (non-hydrogen) atoms. The molecule has 0 radical (unpaired) electrons. The van der Waals surface area contributed by atoms with Crippen LogP contribution in [0.1, 0.15) is 35.4 Å². The Bertz CT molecular complexity index is 518. The van der Waals surface area contributed by atoms with Crippen LogP contribution in [0.3, 0.4) is 0 Å².